The Balaban J connectivity index is 1.76. The second-order valence-electron chi connectivity index (χ2n) is 7.90. The van der Waals surface area contributed by atoms with Gasteiger partial charge in [0.2, 0.25) is 11.8 Å². The van der Waals surface area contributed by atoms with Gasteiger partial charge in [-0.1, -0.05) is 12.1 Å². The fourth-order valence-corrected chi connectivity index (χ4v) is 3.74. The maximum Gasteiger partial charge on any atom is 0.239 e. The molecule has 3 rings (SSSR count). The Bertz CT molecular complexity index is 873. The second-order valence-corrected chi connectivity index (χ2v) is 7.90. The number of nitrogens with one attached hydrogen (secondary N) is 1. The maximum atomic E-state index is 13.1. The Morgan fingerprint density at radius 1 is 1.16 bits per heavy atom. The number of pyridine rings is 1. The van der Waals surface area contributed by atoms with Gasteiger partial charge in [0, 0.05) is 37.5 Å². The maximum absolute atomic E-state index is 13.1. The van der Waals surface area contributed by atoms with Gasteiger partial charge in [0.1, 0.15) is 0 Å². The minimum atomic E-state index is -0.129. The molecule has 172 valence electrons. The number of carbonyl (C=O) groups excluding carboxylic acids is 2. The van der Waals surface area contributed by atoms with Gasteiger partial charge in [-0.15, -0.1) is 0 Å². The molecule has 32 heavy (non-hydrogen) atoms. The van der Waals surface area contributed by atoms with E-state index in [9.17, 15) is 9.59 Å². The summed E-state index contributed by atoms with van der Waals surface area (Å²) in [6.45, 7) is 3.98. The Kier molecular flexibility index (Phi) is 9.35. The molecule has 0 unspecified atom stereocenters. The molecule has 1 aromatic carbocycles. The summed E-state index contributed by atoms with van der Waals surface area (Å²) in [5.41, 5.74) is 2.00. The van der Waals surface area contributed by atoms with Crippen molar-refractivity contribution in [3.05, 3.63) is 53.9 Å². The van der Waals surface area contributed by atoms with E-state index in [1.165, 1.54) is 0 Å². The molecule has 2 aromatic rings. The first-order valence-corrected chi connectivity index (χ1v) is 11.5. The lowest BCUT2D eigenvalue weighted by molar-refractivity contribution is -0.136. The van der Waals surface area contributed by atoms with E-state index in [-0.39, 0.29) is 18.4 Å². The average molecular weight is 440 g/mol. The summed E-state index contributed by atoms with van der Waals surface area (Å²) >= 11 is 0. The predicted octanol–water partition coefficient (Wildman–Crippen LogP) is 3.51. The third-order valence-corrected chi connectivity index (χ3v) is 5.40. The SMILES string of the molecule is CCOc1cccc2c1OCCCCCNC(=O)CN(C(=O)CCCc1ccncc1)C2. The van der Waals surface area contributed by atoms with Crippen molar-refractivity contribution in [2.75, 3.05) is 26.3 Å². The van der Waals surface area contributed by atoms with E-state index in [0.717, 1.165) is 36.8 Å². The number of carbonyl (C=O) groups is 2. The van der Waals surface area contributed by atoms with Crippen LogP contribution in [-0.2, 0) is 22.6 Å². The van der Waals surface area contributed by atoms with E-state index in [1.807, 2.05) is 37.3 Å². The monoisotopic (exact) mass is 439 g/mol. The Morgan fingerprint density at radius 3 is 2.81 bits per heavy atom. The van der Waals surface area contributed by atoms with Gasteiger partial charge in [0.05, 0.1) is 19.8 Å². The molecule has 0 radical (unpaired) electrons. The molecule has 7 heteroatoms. The molecule has 1 aliphatic rings. The van der Waals surface area contributed by atoms with Crippen LogP contribution in [0.4, 0.5) is 0 Å². The van der Waals surface area contributed by atoms with Crippen molar-refractivity contribution in [2.45, 2.75) is 52.0 Å². The van der Waals surface area contributed by atoms with Crippen molar-refractivity contribution < 1.29 is 19.1 Å². The lowest BCUT2D eigenvalue weighted by Crippen LogP contribution is -2.40. The van der Waals surface area contributed by atoms with Crippen LogP contribution < -0.4 is 14.8 Å². The zero-order valence-corrected chi connectivity index (χ0v) is 18.8. The third-order valence-electron chi connectivity index (χ3n) is 5.40. The van der Waals surface area contributed by atoms with E-state index in [2.05, 4.69) is 10.3 Å². The lowest BCUT2D eigenvalue weighted by atomic mass is 10.1. The Morgan fingerprint density at radius 2 is 2.00 bits per heavy atom. The molecular formula is C25H33N3O4. The number of fused-ring (bicyclic) bond motifs is 1. The lowest BCUT2D eigenvalue weighted by Gasteiger charge is -2.24. The van der Waals surface area contributed by atoms with Gasteiger partial charge in [-0.3, -0.25) is 14.6 Å². The molecule has 2 amide bonds. The molecule has 0 saturated carbocycles. The number of rotatable bonds is 6. The summed E-state index contributed by atoms with van der Waals surface area (Å²) in [7, 11) is 0. The number of aryl methyl sites for hydroxylation is 1. The van der Waals surface area contributed by atoms with E-state index >= 15 is 0 Å². The molecule has 0 bridgehead atoms. The van der Waals surface area contributed by atoms with Gasteiger partial charge >= 0.3 is 0 Å². The molecule has 2 heterocycles. The van der Waals surface area contributed by atoms with E-state index in [1.54, 1.807) is 17.3 Å². The molecule has 0 atom stereocenters. The number of hydrogen-bond acceptors (Lipinski definition) is 5. The quantitative estimate of drug-likeness (QED) is 0.745. The van der Waals surface area contributed by atoms with E-state index in [4.69, 9.17) is 9.47 Å². The molecule has 1 N–H and O–H groups in total. The van der Waals surface area contributed by atoms with Crippen molar-refractivity contribution in [3.8, 4) is 11.5 Å². The van der Waals surface area contributed by atoms with Gasteiger partial charge in [0.15, 0.2) is 11.5 Å². The van der Waals surface area contributed by atoms with Crippen molar-refractivity contribution in [2.24, 2.45) is 0 Å². The summed E-state index contributed by atoms with van der Waals surface area (Å²) in [5, 5.41) is 2.94. The minimum absolute atomic E-state index is 0.0341. The number of nitrogens with zero attached hydrogens (tertiary/aromatic N) is 2. The zero-order chi connectivity index (χ0) is 22.6. The number of aromatic nitrogens is 1. The predicted molar refractivity (Wildman–Crippen MR) is 123 cm³/mol. The summed E-state index contributed by atoms with van der Waals surface area (Å²) in [5.74, 6) is 1.17. The van der Waals surface area contributed by atoms with Crippen LogP contribution in [0.1, 0.15) is 50.2 Å². The number of amides is 2. The highest BCUT2D eigenvalue weighted by Crippen LogP contribution is 2.33. The highest BCUT2D eigenvalue weighted by Gasteiger charge is 2.21. The van der Waals surface area contributed by atoms with Crippen molar-refractivity contribution >= 4 is 11.8 Å². The Hall–Kier alpha value is -3.09. The number of benzene rings is 1. The van der Waals surface area contributed by atoms with E-state index in [0.29, 0.717) is 50.6 Å². The van der Waals surface area contributed by atoms with Crippen LogP contribution in [0.5, 0.6) is 11.5 Å². The summed E-state index contributed by atoms with van der Waals surface area (Å²) in [6, 6.07) is 9.64. The van der Waals surface area contributed by atoms with Crippen LogP contribution in [0, 0.1) is 0 Å². The van der Waals surface area contributed by atoms with Gasteiger partial charge in [-0.25, -0.2) is 0 Å². The average Bonchev–Trinajstić information content (AvgIpc) is 2.81. The number of para-hydroxylation sites is 1. The highest BCUT2D eigenvalue weighted by molar-refractivity contribution is 5.84. The standard InChI is InChI=1S/C25H33N3O4/c1-2-31-22-10-7-9-21-18-28(24(30)11-6-8-20-12-15-26-16-13-20)19-23(29)27-14-4-3-5-17-32-25(21)22/h7,9-10,12-13,15-16H,2-6,8,11,14,17-19H2,1H3,(H,27,29). The van der Waals surface area contributed by atoms with Crippen molar-refractivity contribution in [1.29, 1.82) is 0 Å². The molecule has 7 nitrogen and oxygen atoms in total. The first kappa shape index (κ1) is 23.6. The van der Waals surface area contributed by atoms with Gasteiger partial charge in [0.25, 0.3) is 0 Å². The van der Waals surface area contributed by atoms with Crippen molar-refractivity contribution in [1.82, 2.24) is 15.2 Å². The molecule has 0 spiro atoms. The van der Waals surface area contributed by atoms with Crippen LogP contribution >= 0.6 is 0 Å². The summed E-state index contributed by atoms with van der Waals surface area (Å²) in [4.78, 5) is 31.3. The molecule has 1 aliphatic heterocycles. The fraction of sp³-hybridized carbons (Fsp3) is 0.480. The number of ether oxygens (including phenoxy) is 2. The summed E-state index contributed by atoms with van der Waals surface area (Å²) in [6.07, 6.45) is 8.13. The second kappa shape index (κ2) is 12.7. The third kappa shape index (κ3) is 7.25. The normalized spacial score (nSPS) is 15.3. The number of hydrogen-bond donors (Lipinski definition) is 1. The van der Waals surface area contributed by atoms with Crippen LogP contribution in [0.15, 0.2) is 42.7 Å². The van der Waals surface area contributed by atoms with Crippen LogP contribution in [0.2, 0.25) is 0 Å². The summed E-state index contributed by atoms with van der Waals surface area (Å²) < 4.78 is 11.9. The van der Waals surface area contributed by atoms with Crippen LogP contribution in [0.25, 0.3) is 0 Å². The molecule has 0 aliphatic carbocycles. The topological polar surface area (TPSA) is 80.8 Å². The van der Waals surface area contributed by atoms with Crippen LogP contribution in [0.3, 0.4) is 0 Å². The zero-order valence-electron chi connectivity index (χ0n) is 18.8. The molecule has 0 fully saturated rings. The van der Waals surface area contributed by atoms with Gasteiger partial charge in [-0.2, -0.15) is 0 Å². The van der Waals surface area contributed by atoms with E-state index < -0.39 is 0 Å². The van der Waals surface area contributed by atoms with Gasteiger partial charge < -0.3 is 19.7 Å². The highest BCUT2D eigenvalue weighted by atomic mass is 16.5. The first-order valence-electron chi connectivity index (χ1n) is 11.5. The van der Waals surface area contributed by atoms with Crippen LogP contribution in [-0.4, -0.2) is 48.0 Å². The molecular weight excluding hydrogens is 406 g/mol. The van der Waals surface area contributed by atoms with Gasteiger partial charge in [-0.05, 0) is 62.8 Å². The molecule has 0 saturated heterocycles. The largest absolute Gasteiger partial charge is 0.490 e. The fourth-order valence-electron chi connectivity index (χ4n) is 3.74. The minimum Gasteiger partial charge on any atom is -0.490 e. The Labute approximate surface area is 190 Å². The smallest absolute Gasteiger partial charge is 0.239 e. The van der Waals surface area contributed by atoms with Crippen molar-refractivity contribution in [3.63, 3.8) is 0 Å². The molecule has 1 aromatic heterocycles. The first-order chi connectivity index (χ1) is 15.7.